The topological polar surface area (TPSA) is 55.1 Å². The van der Waals surface area contributed by atoms with Gasteiger partial charge in [0.05, 0.1) is 11.1 Å². The third kappa shape index (κ3) is 2.57. The van der Waals surface area contributed by atoms with Crippen LogP contribution in [-0.4, -0.2) is 11.4 Å². The third-order valence-corrected chi connectivity index (χ3v) is 3.04. The number of nitrogen functional groups attached to an aromatic ring is 1. The predicted molar refractivity (Wildman–Crippen MR) is 61.0 cm³/mol. The Bertz CT molecular complexity index is 493. The van der Waals surface area contributed by atoms with Crippen molar-refractivity contribution in [2.45, 2.75) is 31.5 Å². The van der Waals surface area contributed by atoms with Gasteiger partial charge in [-0.05, 0) is 38.0 Å². The summed E-state index contributed by atoms with van der Waals surface area (Å²) >= 11 is 0. The maximum atomic E-state index is 12.5. The summed E-state index contributed by atoms with van der Waals surface area (Å²) in [5, 5.41) is 2.68. The molecule has 1 aliphatic rings. The first-order valence-electron chi connectivity index (χ1n) is 5.50. The minimum Gasteiger partial charge on any atom is -0.398 e. The lowest BCUT2D eigenvalue weighted by Gasteiger charge is -2.14. The van der Waals surface area contributed by atoms with E-state index in [2.05, 4.69) is 5.32 Å². The van der Waals surface area contributed by atoms with E-state index < -0.39 is 17.6 Å². The molecule has 3 nitrogen and oxygen atoms in total. The second-order valence-electron chi connectivity index (χ2n) is 4.81. The molecule has 0 bridgehead atoms. The van der Waals surface area contributed by atoms with Crippen LogP contribution in [0.25, 0.3) is 0 Å². The Hall–Kier alpha value is -1.72. The second kappa shape index (κ2) is 3.90. The van der Waals surface area contributed by atoms with E-state index in [0.717, 1.165) is 31.0 Å². The number of amides is 1. The van der Waals surface area contributed by atoms with Gasteiger partial charge >= 0.3 is 6.18 Å². The Morgan fingerprint density at radius 2 is 2.00 bits per heavy atom. The monoisotopic (exact) mass is 258 g/mol. The van der Waals surface area contributed by atoms with E-state index >= 15 is 0 Å². The Kier molecular flexibility index (Phi) is 2.76. The highest BCUT2D eigenvalue weighted by Gasteiger charge is 2.39. The minimum absolute atomic E-state index is 0.0461. The molecule has 1 fully saturated rings. The van der Waals surface area contributed by atoms with Crippen LogP contribution in [0.3, 0.4) is 0 Å². The maximum absolute atomic E-state index is 12.5. The highest BCUT2D eigenvalue weighted by atomic mass is 19.4. The molecule has 1 aromatic carbocycles. The number of anilines is 1. The molecule has 0 aromatic heterocycles. The molecule has 6 heteroatoms. The summed E-state index contributed by atoms with van der Waals surface area (Å²) in [5.74, 6) is -0.557. The molecule has 1 amide bonds. The van der Waals surface area contributed by atoms with Crippen LogP contribution in [0.4, 0.5) is 18.9 Å². The quantitative estimate of drug-likeness (QED) is 0.801. The van der Waals surface area contributed by atoms with Gasteiger partial charge in [-0.15, -0.1) is 0 Å². The van der Waals surface area contributed by atoms with E-state index in [-0.39, 0.29) is 16.8 Å². The standard InChI is InChI=1S/C12H13F3N2O/c1-11(4-5-11)17-10(18)8-6-7(12(13,14)15)2-3-9(8)16/h2-3,6H,4-5,16H2,1H3,(H,17,18). The molecule has 0 aliphatic heterocycles. The van der Waals surface area contributed by atoms with E-state index in [1.54, 1.807) is 0 Å². The summed E-state index contributed by atoms with van der Waals surface area (Å²) in [6.45, 7) is 1.84. The maximum Gasteiger partial charge on any atom is 0.416 e. The van der Waals surface area contributed by atoms with Crippen LogP contribution in [0.1, 0.15) is 35.7 Å². The zero-order chi connectivity index (χ0) is 13.6. The van der Waals surface area contributed by atoms with Gasteiger partial charge in [0.2, 0.25) is 0 Å². The van der Waals surface area contributed by atoms with Gasteiger partial charge in [-0.3, -0.25) is 4.79 Å². The van der Waals surface area contributed by atoms with Gasteiger partial charge in [0, 0.05) is 11.2 Å². The summed E-state index contributed by atoms with van der Waals surface area (Å²) in [5.41, 5.74) is 4.30. The van der Waals surface area contributed by atoms with E-state index in [1.807, 2.05) is 6.92 Å². The van der Waals surface area contributed by atoms with Gasteiger partial charge < -0.3 is 11.1 Å². The van der Waals surface area contributed by atoms with Gasteiger partial charge in [-0.25, -0.2) is 0 Å². The molecule has 0 atom stereocenters. The zero-order valence-corrected chi connectivity index (χ0v) is 9.77. The van der Waals surface area contributed by atoms with Gasteiger partial charge in [0.15, 0.2) is 0 Å². The molecular formula is C12H13F3N2O. The summed E-state index contributed by atoms with van der Waals surface area (Å²) < 4.78 is 37.6. The normalized spacial score (nSPS) is 17.3. The number of carbonyl (C=O) groups is 1. The van der Waals surface area contributed by atoms with Crippen molar-refractivity contribution >= 4 is 11.6 Å². The van der Waals surface area contributed by atoms with Gasteiger partial charge in [0.1, 0.15) is 0 Å². The number of hydrogen-bond acceptors (Lipinski definition) is 2. The Balaban J connectivity index is 2.28. The minimum atomic E-state index is -4.48. The summed E-state index contributed by atoms with van der Waals surface area (Å²) in [4.78, 5) is 11.8. The number of rotatable bonds is 2. The third-order valence-electron chi connectivity index (χ3n) is 3.04. The molecule has 98 valence electrons. The molecular weight excluding hydrogens is 245 g/mol. The number of hydrogen-bond donors (Lipinski definition) is 2. The number of nitrogens with two attached hydrogens (primary N) is 1. The lowest BCUT2D eigenvalue weighted by Crippen LogP contribution is -2.34. The first kappa shape index (κ1) is 12.7. The lowest BCUT2D eigenvalue weighted by atomic mass is 10.1. The van der Waals surface area contributed by atoms with E-state index in [0.29, 0.717) is 0 Å². The smallest absolute Gasteiger partial charge is 0.398 e. The average molecular weight is 258 g/mol. The molecule has 1 aliphatic carbocycles. The van der Waals surface area contributed by atoms with Crippen LogP contribution in [0.15, 0.2) is 18.2 Å². The van der Waals surface area contributed by atoms with Crippen molar-refractivity contribution in [3.05, 3.63) is 29.3 Å². The fraction of sp³-hybridized carbons (Fsp3) is 0.417. The van der Waals surface area contributed by atoms with Gasteiger partial charge in [-0.2, -0.15) is 13.2 Å². The van der Waals surface area contributed by atoms with Crippen LogP contribution >= 0.6 is 0 Å². The molecule has 0 spiro atoms. The molecule has 0 unspecified atom stereocenters. The van der Waals surface area contributed by atoms with Crippen molar-refractivity contribution in [3.8, 4) is 0 Å². The molecule has 2 rings (SSSR count). The molecule has 0 saturated heterocycles. The fourth-order valence-corrected chi connectivity index (χ4v) is 1.58. The molecule has 1 saturated carbocycles. The van der Waals surface area contributed by atoms with Crippen molar-refractivity contribution in [1.82, 2.24) is 5.32 Å². The van der Waals surface area contributed by atoms with Gasteiger partial charge in [-0.1, -0.05) is 0 Å². The van der Waals surface area contributed by atoms with Crippen molar-refractivity contribution in [1.29, 1.82) is 0 Å². The molecule has 0 radical (unpaired) electrons. The fourth-order valence-electron chi connectivity index (χ4n) is 1.58. The summed E-state index contributed by atoms with van der Waals surface area (Å²) in [7, 11) is 0. The van der Waals surface area contributed by atoms with E-state index in [1.165, 1.54) is 0 Å². The number of alkyl halides is 3. The van der Waals surface area contributed by atoms with Crippen molar-refractivity contribution in [3.63, 3.8) is 0 Å². The molecule has 18 heavy (non-hydrogen) atoms. The number of benzene rings is 1. The highest BCUT2D eigenvalue weighted by Crippen LogP contribution is 2.35. The first-order chi connectivity index (χ1) is 8.21. The zero-order valence-electron chi connectivity index (χ0n) is 9.77. The Morgan fingerprint density at radius 1 is 1.39 bits per heavy atom. The first-order valence-corrected chi connectivity index (χ1v) is 5.50. The summed E-state index contributed by atoms with van der Waals surface area (Å²) in [6.07, 6.45) is -2.82. The summed E-state index contributed by atoms with van der Waals surface area (Å²) in [6, 6.07) is 2.76. The second-order valence-corrected chi connectivity index (χ2v) is 4.81. The average Bonchev–Trinajstić information content (AvgIpc) is 2.94. The van der Waals surface area contributed by atoms with E-state index in [9.17, 15) is 18.0 Å². The van der Waals surface area contributed by atoms with E-state index in [4.69, 9.17) is 5.73 Å². The largest absolute Gasteiger partial charge is 0.416 e. The van der Waals surface area contributed by atoms with Crippen LogP contribution in [0, 0.1) is 0 Å². The van der Waals surface area contributed by atoms with Crippen molar-refractivity contribution in [2.75, 3.05) is 5.73 Å². The van der Waals surface area contributed by atoms with Gasteiger partial charge in [0.25, 0.3) is 5.91 Å². The lowest BCUT2D eigenvalue weighted by molar-refractivity contribution is -0.137. The number of nitrogens with one attached hydrogen (secondary N) is 1. The van der Waals surface area contributed by atoms with Crippen LogP contribution in [0.2, 0.25) is 0 Å². The Morgan fingerprint density at radius 3 is 2.50 bits per heavy atom. The highest BCUT2D eigenvalue weighted by molar-refractivity contribution is 5.99. The Labute approximate surface area is 102 Å². The number of halogens is 3. The molecule has 0 heterocycles. The van der Waals surface area contributed by atoms with Crippen LogP contribution in [0.5, 0.6) is 0 Å². The van der Waals surface area contributed by atoms with Crippen molar-refractivity contribution < 1.29 is 18.0 Å². The van der Waals surface area contributed by atoms with Crippen LogP contribution < -0.4 is 11.1 Å². The predicted octanol–water partition coefficient (Wildman–Crippen LogP) is 2.57. The van der Waals surface area contributed by atoms with Crippen molar-refractivity contribution in [2.24, 2.45) is 0 Å². The SMILES string of the molecule is CC1(NC(=O)c2cc(C(F)(F)F)ccc2N)CC1. The number of carbonyl (C=O) groups excluding carboxylic acids is 1. The van der Waals surface area contributed by atoms with Crippen LogP contribution in [-0.2, 0) is 6.18 Å². The molecule has 3 N–H and O–H groups in total. The molecule has 1 aromatic rings.